The standard InChI is InChI=1S/C13H16N2O2/c1-8(16)14-12-15-10-7-9(13(2,3)4)5-6-11(10)17-12/h5-7H,1-4H3,(H,14,15,16). The maximum Gasteiger partial charge on any atom is 0.302 e. The summed E-state index contributed by atoms with van der Waals surface area (Å²) >= 11 is 0. The van der Waals surface area contributed by atoms with E-state index in [1.54, 1.807) is 0 Å². The summed E-state index contributed by atoms with van der Waals surface area (Å²) in [6.07, 6.45) is 0. The number of carbonyl (C=O) groups is 1. The number of nitrogens with one attached hydrogen (secondary N) is 1. The molecule has 90 valence electrons. The van der Waals surface area contributed by atoms with E-state index in [1.165, 1.54) is 12.5 Å². The Morgan fingerprint density at radius 3 is 2.65 bits per heavy atom. The average molecular weight is 232 g/mol. The van der Waals surface area contributed by atoms with Crippen LogP contribution in [0.25, 0.3) is 11.1 Å². The fourth-order valence-corrected chi connectivity index (χ4v) is 1.60. The molecule has 1 N–H and O–H groups in total. The second kappa shape index (κ2) is 3.87. The molecule has 0 fully saturated rings. The lowest BCUT2D eigenvalue weighted by Gasteiger charge is -2.18. The first-order chi connectivity index (χ1) is 7.86. The van der Waals surface area contributed by atoms with E-state index in [1.807, 2.05) is 18.2 Å². The summed E-state index contributed by atoms with van der Waals surface area (Å²) in [5, 5.41) is 2.54. The highest BCUT2D eigenvalue weighted by Gasteiger charge is 2.15. The molecular weight excluding hydrogens is 216 g/mol. The van der Waals surface area contributed by atoms with Crippen LogP contribution in [0, 0.1) is 0 Å². The number of hydrogen-bond donors (Lipinski definition) is 1. The van der Waals surface area contributed by atoms with E-state index in [4.69, 9.17) is 4.42 Å². The molecule has 1 aromatic carbocycles. The van der Waals surface area contributed by atoms with Gasteiger partial charge in [0.25, 0.3) is 0 Å². The van der Waals surface area contributed by atoms with Gasteiger partial charge >= 0.3 is 6.01 Å². The fourth-order valence-electron chi connectivity index (χ4n) is 1.60. The van der Waals surface area contributed by atoms with Crippen molar-refractivity contribution in [3.8, 4) is 0 Å². The highest BCUT2D eigenvalue weighted by molar-refractivity contribution is 5.88. The quantitative estimate of drug-likeness (QED) is 0.822. The number of fused-ring (bicyclic) bond motifs is 1. The van der Waals surface area contributed by atoms with Gasteiger partial charge in [0.2, 0.25) is 5.91 Å². The smallest absolute Gasteiger partial charge is 0.302 e. The number of oxazole rings is 1. The molecule has 0 atom stereocenters. The number of amides is 1. The molecule has 0 radical (unpaired) electrons. The molecule has 1 amide bonds. The zero-order valence-corrected chi connectivity index (χ0v) is 10.5. The maximum absolute atomic E-state index is 10.9. The molecule has 17 heavy (non-hydrogen) atoms. The van der Waals surface area contributed by atoms with Crippen LogP contribution in [0.2, 0.25) is 0 Å². The minimum absolute atomic E-state index is 0.0707. The van der Waals surface area contributed by atoms with Gasteiger partial charge in [0.1, 0.15) is 5.52 Å². The third-order valence-electron chi connectivity index (χ3n) is 2.54. The molecule has 0 spiro atoms. The first-order valence-corrected chi connectivity index (χ1v) is 5.55. The molecule has 2 rings (SSSR count). The van der Waals surface area contributed by atoms with Gasteiger partial charge in [0, 0.05) is 6.92 Å². The van der Waals surface area contributed by atoms with E-state index in [9.17, 15) is 4.79 Å². The van der Waals surface area contributed by atoms with E-state index in [-0.39, 0.29) is 17.3 Å². The van der Waals surface area contributed by atoms with Crippen molar-refractivity contribution in [1.82, 2.24) is 4.98 Å². The van der Waals surface area contributed by atoms with Crippen LogP contribution in [0.3, 0.4) is 0 Å². The number of carbonyl (C=O) groups excluding carboxylic acids is 1. The first kappa shape index (κ1) is 11.6. The van der Waals surface area contributed by atoms with Crippen molar-refractivity contribution in [2.45, 2.75) is 33.1 Å². The molecule has 1 aromatic heterocycles. The van der Waals surface area contributed by atoms with Crippen LogP contribution in [-0.2, 0) is 10.2 Å². The molecule has 4 nitrogen and oxygen atoms in total. The molecule has 1 heterocycles. The van der Waals surface area contributed by atoms with Crippen molar-refractivity contribution >= 4 is 23.0 Å². The minimum Gasteiger partial charge on any atom is -0.423 e. The summed E-state index contributed by atoms with van der Waals surface area (Å²) in [5.74, 6) is -0.187. The summed E-state index contributed by atoms with van der Waals surface area (Å²) < 4.78 is 5.40. The topological polar surface area (TPSA) is 55.1 Å². The molecule has 0 unspecified atom stereocenters. The average Bonchev–Trinajstić information content (AvgIpc) is 2.55. The van der Waals surface area contributed by atoms with Crippen molar-refractivity contribution in [1.29, 1.82) is 0 Å². The Balaban J connectivity index is 2.44. The van der Waals surface area contributed by atoms with Crippen molar-refractivity contribution in [2.75, 3.05) is 5.32 Å². The van der Waals surface area contributed by atoms with Crippen LogP contribution < -0.4 is 5.32 Å². The van der Waals surface area contributed by atoms with Crippen molar-refractivity contribution < 1.29 is 9.21 Å². The van der Waals surface area contributed by atoms with Crippen molar-refractivity contribution in [2.24, 2.45) is 0 Å². The summed E-state index contributed by atoms with van der Waals surface area (Å²) in [6.45, 7) is 7.85. The van der Waals surface area contributed by atoms with Crippen LogP contribution in [0.15, 0.2) is 22.6 Å². The second-order valence-corrected chi connectivity index (χ2v) is 5.13. The Labute approximate surface area is 100 Å². The second-order valence-electron chi connectivity index (χ2n) is 5.13. The molecule has 0 bridgehead atoms. The number of benzene rings is 1. The maximum atomic E-state index is 10.9. The Hall–Kier alpha value is -1.84. The van der Waals surface area contributed by atoms with E-state index >= 15 is 0 Å². The SMILES string of the molecule is CC(=O)Nc1nc2cc(C(C)(C)C)ccc2o1. The minimum atomic E-state index is -0.187. The number of rotatable bonds is 1. The number of anilines is 1. The van der Waals surface area contributed by atoms with E-state index in [2.05, 4.69) is 31.1 Å². The zero-order chi connectivity index (χ0) is 12.6. The third kappa shape index (κ3) is 2.46. The van der Waals surface area contributed by atoms with Crippen LogP contribution in [0.1, 0.15) is 33.3 Å². The number of hydrogen-bond acceptors (Lipinski definition) is 3. The van der Waals surface area contributed by atoms with Gasteiger partial charge in [-0.1, -0.05) is 26.8 Å². The lowest BCUT2D eigenvalue weighted by molar-refractivity contribution is -0.114. The molecular formula is C13H16N2O2. The van der Waals surface area contributed by atoms with Gasteiger partial charge in [0.15, 0.2) is 5.58 Å². The zero-order valence-electron chi connectivity index (χ0n) is 10.5. The Morgan fingerprint density at radius 2 is 2.06 bits per heavy atom. The van der Waals surface area contributed by atoms with Crippen molar-refractivity contribution in [3.63, 3.8) is 0 Å². The molecule has 0 aliphatic heterocycles. The predicted molar refractivity (Wildman–Crippen MR) is 67.0 cm³/mol. The Bertz CT molecular complexity index is 564. The predicted octanol–water partition coefficient (Wildman–Crippen LogP) is 3.08. The van der Waals surface area contributed by atoms with Gasteiger partial charge in [-0.25, -0.2) is 0 Å². The van der Waals surface area contributed by atoms with Gasteiger partial charge < -0.3 is 4.42 Å². The Morgan fingerprint density at radius 1 is 1.35 bits per heavy atom. The van der Waals surface area contributed by atoms with Crippen LogP contribution in [0.4, 0.5) is 6.01 Å². The van der Waals surface area contributed by atoms with Gasteiger partial charge in [0.05, 0.1) is 0 Å². The van der Waals surface area contributed by atoms with Crippen LogP contribution in [-0.4, -0.2) is 10.9 Å². The first-order valence-electron chi connectivity index (χ1n) is 5.55. The largest absolute Gasteiger partial charge is 0.423 e. The van der Waals surface area contributed by atoms with Crippen LogP contribution in [0.5, 0.6) is 0 Å². The van der Waals surface area contributed by atoms with E-state index in [0.717, 1.165) is 5.52 Å². The highest BCUT2D eigenvalue weighted by Crippen LogP contribution is 2.27. The lowest BCUT2D eigenvalue weighted by Crippen LogP contribution is -2.10. The highest BCUT2D eigenvalue weighted by atomic mass is 16.4. The summed E-state index contributed by atoms with van der Waals surface area (Å²) in [7, 11) is 0. The lowest BCUT2D eigenvalue weighted by atomic mass is 9.87. The third-order valence-corrected chi connectivity index (χ3v) is 2.54. The molecule has 0 aliphatic carbocycles. The normalized spacial score (nSPS) is 11.8. The molecule has 4 heteroatoms. The summed E-state index contributed by atoms with van der Waals surface area (Å²) in [6, 6.07) is 6.14. The molecule has 0 saturated heterocycles. The van der Waals surface area contributed by atoms with E-state index in [0.29, 0.717) is 5.58 Å². The molecule has 0 saturated carbocycles. The monoisotopic (exact) mass is 232 g/mol. The van der Waals surface area contributed by atoms with Gasteiger partial charge in [-0.05, 0) is 23.1 Å². The fraction of sp³-hybridized carbons (Fsp3) is 0.385. The van der Waals surface area contributed by atoms with Crippen LogP contribution >= 0.6 is 0 Å². The molecule has 2 aromatic rings. The van der Waals surface area contributed by atoms with Crippen molar-refractivity contribution in [3.05, 3.63) is 23.8 Å². The van der Waals surface area contributed by atoms with Gasteiger partial charge in [-0.3, -0.25) is 10.1 Å². The number of nitrogens with zero attached hydrogens (tertiary/aromatic N) is 1. The van der Waals surface area contributed by atoms with Gasteiger partial charge in [-0.15, -0.1) is 0 Å². The van der Waals surface area contributed by atoms with E-state index < -0.39 is 0 Å². The molecule has 0 aliphatic rings. The number of aromatic nitrogens is 1. The Kier molecular flexibility index (Phi) is 2.65. The summed E-state index contributed by atoms with van der Waals surface area (Å²) in [4.78, 5) is 15.1. The van der Waals surface area contributed by atoms with Gasteiger partial charge in [-0.2, -0.15) is 4.98 Å². The summed E-state index contributed by atoms with van der Waals surface area (Å²) in [5.41, 5.74) is 2.71.